The molecule has 7 heteroatoms. The van der Waals surface area contributed by atoms with Gasteiger partial charge in [0.25, 0.3) is 0 Å². The Morgan fingerprint density at radius 1 is 1.14 bits per heavy atom. The number of nitrogens with zero attached hydrogens (tertiary/aromatic N) is 1. The minimum absolute atomic E-state index is 0. The number of hydrogen-bond donors (Lipinski definition) is 2. The Balaban J connectivity index is -0.0000000150. The molecular weight excluding hydrogens is 125 g/mol. The maximum absolute atomic E-state index is 8.25. The zero-order chi connectivity index (χ0) is 3.58. The Morgan fingerprint density at radius 3 is 1.14 bits per heavy atom. The predicted molar refractivity (Wildman–Crippen MR) is 22.3 cm³/mol. The van der Waals surface area contributed by atoms with Gasteiger partial charge < -0.3 is 40.0 Å². The highest BCUT2D eigenvalue weighted by Crippen LogP contribution is 1.44. The molecule has 0 aromatic carbocycles. The van der Waals surface area contributed by atoms with Crippen molar-refractivity contribution in [3.63, 3.8) is 0 Å². The first-order valence-corrected chi connectivity index (χ1v) is 0.548. The van der Waals surface area contributed by atoms with E-state index in [9.17, 15) is 0 Å². The lowest BCUT2D eigenvalue weighted by Gasteiger charge is -1.74. The Kier molecular flexibility index (Phi) is 83.6. The third-order valence-electron chi connectivity index (χ3n) is 0. The number of quaternary nitrogens is 2. The molecule has 0 aliphatic rings. The van der Waals surface area contributed by atoms with Crippen LogP contribution in [-0.4, -0.2) is 5.09 Å². The Morgan fingerprint density at radius 2 is 1.14 bits per heavy atom. The van der Waals surface area contributed by atoms with Crippen molar-refractivity contribution in [3.8, 4) is 0 Å². The van der Waals surface area contributed by atoms with Crippen molar-refractivity contribution >= 4 is 0 Å². The zero-order valence-corrected chi connectivity index (χ0v) is 4.81. The molecular formula is H8ClN3O3. The van der Waals surface area contributed by atoms with Gasteiger partial charge in [-0.05, 0) is 0 Å². The molecule has 0 atom stereocenters. The monoisotopic (exact) mass is 133 g/mol. The van der Waals surface area contributed by atoms with Crippen LogP contribution in [0.2, 0.25) is 0 Å². The lowest BCUT2D eigenvalue weighted by molar-refractivity contribution is -0.402. The Hall–Kier alpha value is -0.590. The van der Waals surface area contributed by atoms with E-state index in [0.29, 0.717) is 0 Å². The fourth-order valence-corrected chi connectivity index (χ4v) is 0. The second-order valence-corrected chi connectivity index (χ2v) is 0.224. The zero-order valence-electron chi connectivity index (χ0n) is 4.05. The minimum atomic E-state index is -1.75. The summed E-state index contributed by atoms with van der Waals surface area (Å²) >= 11 is 0. The lowest BCUT2D eigenvalue weighted by atomic mass is 13.1. The second-order valence-electron chi connectivity index (χ2n) is 0.224. The van der Waals surface area contributed by atoms with E-state index in [1.165, 1.54) is 0 Å². The van der Waals surface area contributed by atoms with Gasteiger partial charge in [-0.25, -0.2) is 0 Å². The van der Waals surface area contributed by atoms with E-state index in [-0.39, 0.29) is 24.7 Å². The van der Waals surface area contributed by atoms with E-state index in [0.717, 1.165) is 0 Å². The van der Waals surface area contributed by atoms with Gasteiger partial charge in [-0.3, -0.25) is 0 Å². The van der Waals surface area contributed by atoms with Crippen molar-refractivity contribution in [2.45, 2.75) is 0 Å². The second kappa shape index (κ2) is 18.1. The van der Waals surface area contributed by atoms with Crippen LogP contribution in [0.25, 0.3) is 0 Å². The first kappa shape index (κ1) is 32.3. The van der Waals surface area contributed by atoms with E-state index in [4.69, 9.17) is 15.3 Å². The quantitative estimate of drug-likeness (QED) is 0.279. The van der Waals surface area contributed by atoms with Crippen molar-refractivity contribution in [1.29, 1.82) is 0 Å². The molecule has 0 aliphatic carbocycles. The molecule has 0 aromatic heterocycles. The molecule has 0 fully saturated rings. The SMILES string of the molecule is O=[N+]([O-])[O-].[Cl-].[NH4+].[NH4+]. The van der Waals surface area contributed by atoms with Gasteiger partial charge in [0, 0.05) is 0 Å². The van der Waals surface area contributed by atoms with Crippen LogP contribution in [0.1, 0.15) is 0 Å². The molecule has 8 N–H and O–H groups in total. The summed E-state index contributed by atoms with van der Waals surface area (Å²) in [5.41, 5.74) is 0. The summed E-state index contributed by atoms with van der Waals surface area (Å²) in [5, 5.41) is 14.8. The Bertz CT molecular complexity index is 33.2. The predicted octanol–water partition coefficient (Wildman–Crippen LogP) is -2.48. The fraction of sp³-hybridized carbons (Fsp3) is 0. The molecule has 0 bridgehead atoms. The first-order chi connectivity index (χ1) is 1.73. The molecule has 0 heterocycles. The third-order valence-corrected chi connectivity index (χ3v) is 0. The van der Waals surface area contributed by atoms with E-state index in [2.05, 4.69) is 0 Å². The molecule has 48 valence electrons. The van der Waals surface area contributed by atoms with Gasteiger partial charge in [-0.1, -0.05) is 0 Å². The fourth-order valence-electron chi connectivity index (χ4n) is 0. The van der Waals surface area contributed by atoms with Crippen LogP contribution >= 0.6 is 0 Å². The maximum Gasteiger partial charge on any atom is 0.0689 e. The van der Waals surface area contributed by atoms with Crippen molar-refractivity contribution in [2.75, 3.05) is 0 Å². The molecule has 7 heavy (non-hydrogen) atoms. The molecule has 0 radical (unpaired) electrons. The van der Waals surface area contributed by atoms with Crippen LogP contribution in [-0.2, 0) is 0 Å². The molecule has 0 amide bonds. The summed E-state index contributed by atoms with van der Waals surface area (Å²) in [7, 11) is 0. The standard InChI is InChI=1S/ClH.NO3.2H3N/c;2-1(3)4;;/h1H;;2*1H3/q;-1;;/p+1. The van der Waals surface area contributed by atoms with Crippen LogP contribution in [0.4, 0.5) is 0 Å². The highest BCUT2D eigenvalue weighted by atomic mass is 35.5. The van der Waals surface area contributed by atoms with Gasteiger partial charge >= 0.3 is 0 Å². The van der Waals surface area contributed by atoms with Crippen LogP contribution in [0.5, 0.6) is 0 Å². The van der Waals surface area contributed by atoms with Gasteiger partial charge in [0.2, 0.25) is 0 Å². The number of halogens is 1. The molecule has 0 aliphatic heterocycles. The van der Waals surface area contributed by atoms with Gasteiger partial charge in [-0.2, -0.15) is 0 Å². The van der Waals surface area contributed by atoms with E-state index in [1.54, 1.807) is 0 Å². The van der Waals surface area contributed by atoms with E-state index >= 15 is 0 Å². The maximum atomic E-state index is 8.25. The molecule has 0 rings (SSSR count). The smallest absolute Gasteiger partial charge is 0.0689 e. The summed E-state index contributed by atoms with van der Waals surface area (Å²) in [4.78, 5) is 8.25. The van der Waals surface area contributed by atoms with Crippen molar-refractivity contribution < 1.29 is 17.5 Å². The average molecular weight is 134 g/mol. The average Bonchev–Trinajstić information content (AvgIpc) is 0.811. The van der Waals surface area contributed by atoms with Gasteiger partial charge in [0.1, 0.15) is 0 Å². The molecule has 0 spiro atoms. The molecule has 0 unspecified atom stereocenters. The first-order valence-electron chi connectivity index (χ1n) is 0.548. The normalized spacial score (nSPS) is 3.43. The van der Waals surface area contributed by atoms with Gasteiger partial charge in [0.15, 0.2) is 0 Å². The van der Waals surface area contributed by atoms with Gasteiger partial charge in [0.05, 0.1) is 5.09 Å². The Labute approximate surface area is 46.2 Å². The number of hydrogen-bond acceptors (Lipinski definition) is 3. The summed E-state index contributed by atoms with van der Waals surface area (Å²) in [5.74, 6) is 0. The van der Waals surface area contributed by atoms with Crippen molar-refractivity contribution in [2.24, 2.45) is 0 Å². The highest BCUT2D eigenvalue weighted by Gasteiger charge is 1.45. The summed E-state index contributed by atoms with van der Waals surface area (Å²) < 4.78 is 0. The minimum Gasteiger partial charge on any atom is -1.00 e. The van der Waals surface area contributed by atoms with Crippen LogP contribution in [0, 0.1) is 15.3 Å². The third kappa shape index (κ3) is 181. The van der Waals surface area contributed by atoms with E-state index in [1.807, 2.05) is 0 Å². The highest BCUT2D eigenvalue weighted by molar-refractivity contribution is 4.03. The lowest BCUT2D eigenvalue weighted by Crippen LogP contribution is -3.00. The number of rotatable bonds is 0. The van der Waals surface area contributed by atoms with Crippen LogP contribution in [0.3, 0.4) is 0 Å². The van der Waals surface area contributed by atoms with Crippen molar-refractivity contribution in [3.05, 3.63) is 15.3 Å². The summed E-state index contributed by atoms with van der Waals surface area (Å²) in [6.45, 7) is 0. The van der Waals surface area contributed by atoms with Crippen molar-refractivity contribution in [1.82, 2.24) is 12.3 Å². The molecule has 0 saturated heterocycles. The van der Waals surface area contributed by atoms with Crippen LogP contribution in [0.15, 0.2) is 0 Å². The molecule has 0 aromatic rings. The van der Waals surface area contributed by atoms with Crippen LogP contribution < -0.4 is 24.7 Å². The molecule has 6 nitrogen and oxygen atoms in total. The van der Waals surface area contributed by atoms with E-state index < -0.39 is 5.09 Å². The topological polar surface area (TPSA) is 139 Å². The summed E-state index contributed by atoms with van der Waals surface area (Å²) in [6.07, 6.45) is 0. The van der Waals surface area contributed by atoms with Gasteiger partial charge in [-0.15, -0.1) is 0 Å². The molecule has 0 saturated carbocycles. The summed E-state index contributed by atoms with van der Waals surface area (Å²) in [6, 6.07) is 0. The largest absolute Gasteiger partial charge is 1.00 e.